The Kier molecular flexibility index (Phi) is 2.65. The molecule has 92 valence electrons. The molecule has 0 radical (unpaired) electrons. The molecule has 0 spiro atoms. The van der Waals surface area contributed by atoms with Gasteiger partial charge in [0.2, 0.25) is 11.6 Å². The molecule has 1 aromatic rings. The molecule has 1 aromatic carbocycles. The first-order valence-corrected chi connectivity index (χ1v) is 6.05. The van der Waals surface area contributed by atoms with Gasteiger partial charge >= 0.3 is 0 Å². The van der Waals surface area contributed by atoms with Crippen LogP contribution in [0.1, 0.15) is 32.1 Å². The molecule has 0 N–H and O–H groups in total. The number of ether oxygens (including phenoxy) is 2. The molecule has 17 heavy (non-hydrogen) atoms. The van der Waals surface area contributed by atoms with Crippen molar-refractivity contribution < 1.29 is 18.3 Å². The van der Waals surface area contributed by atoms with E-state index in [2.05, 4.69) is 0 Å². The molecule has 3 rings (SSSR count). The highest BCUT2D eigenvalue weighted by molar-refractivity contribution is 5.35. The van der Waals surface area contributed by atoms with Crippen LogP contribution in [0.3, 0.4) is 0 Å². The van der Waals surface area contributed by atoms with E-state index < -0.39 is 11.6 Å². The van der Waals surface area contributed by atoms with Gasteiger partial charge in [0.05, 0.1) is 12.2 Å². The third kappa shape index (κ3) is 2.21. The van der Waals surface area contributed by atoms with Gasteiger partial charge in [0.15, 0.2) is 11.5 Å². The number of rotatable bonds is 4. The summed E-state index contributed by atoms with van der Waals surface area (Å²) in [6, 6.07) is 2.90. The monoisotopic (exact) mass is 240 g/mol. The van der Waals surface area contributed by atoms with Crippen molar-refractivity contribution in [2.24, 2.45) is 0 Å². The zero-order chi connectivity index (χ0) is 11.8. The van der Waals surface area contributed by atoms with Crippen LogP contribution in [0, 0.1) is 11.6 Å². The topological polar surface area (TPSA) is 18.5 Å². The first-order chi connectivity index (χ1) is 8.24. The zero-order valence-corrected chi connectivity index (χ0v) is 9.42. The first kappa shape index (κ1) is 10.8. The Bertz CT molecular complexity index is 426. The van der Waals surface area contributed by atoms with E-state index in [0.29, 0.717) is 0 Å². The highest BCUT2D eigenvalue weighted by Gasteiger charge is 2.27. The summed E-state index contributed by atoms with van der Waals surface area (Å²) < 4.78 is 37.9. The van der Waals surface area contributed by atoms with Crippen LogP contribution in [0.5, 0.6) is 11.5 Å². The molecule has 2 nitrogen and oxygen atoms in total. The summed E-state index contributed by atoms with van der Waals surface area (Å²) in [5, 5.41) is 0. The fourth-order valence-electron chi connectivity index (χ4n) is 1.73. The molecule has 0 bridgehead atoms. The van der Waals surface area contributed by atoms with E-state index in [1.807, 2.05) is 0 Å². The summed E-state index contributed by atoms with van der Waals surface area (Å²) in [5.41, 5.74) is 0. The quantitative estimate of drug-likeness (QED) is 0.802. The van der Waals surface area contributed by atoms with Crippen molar-refractivity contribution in [2.45, 2.75) is 44.3 Å². The molecule has 0 atom stereocenters. The van der Waals surface area contributed by atoms with Gasteiger partial charge in [-0.3, -0.25) is 0 Å². The Morgan fingerprint density at radius 3 is 1.65 bits per heavy atom. The normalized spacial score (nSPS) is 19.9. The number of benzene rings is 1. The lowest BCUT2D eigenvalue weighted by Gasteiger charge is -2.26. The van der Waals surface area contributed by atoms with E-state index in [9.17, 15) is 8.78 Å². The lowest BCUT2D eigenvalue weighted by Crippen LogP contribution is -2.25. The van der Waals surface area contributed by atoms with Gasteiger partial charge in [0.25, 0.3) is 0 Å². The summed E-state index contributed by atoms with van der Waals surface area (Å²) in [6.45, 7) is 0. The lowest BCUT2D eigenvalue weighted by atomic mass is 9.96. The van der Waals surface area contributed by atoms with E-state index in [4.69, 9.17) is 9.47 Å². The molecule has 2 saturated carbocycles. The van der Waals surface area contributed by atoms with Gasteiger partial charge in [-0.15, -0.1) is 0 Å². The van der Waals surface area contributed by atoms with Crippen molar-refractivity contribution in [1.29, 1.82) is 0 Å². The SMILES string of the molecule is Fc1c(OC2CCC2)ccc(OC2CC2)c1F. The number of hydrogen-bond acceptors (Lipinski definition) is 2. The predicted molar refractivity (Wildman–Crippen MR) is 58.3 cm³/mol. The third-order valence-corrected chi connectivity index (χ3v) is 3.18. The van der Waals surface area contributed by atoms with Crippen LogP contribution in [-0.2, 0) is 0 Å². The van der Waals surface area contributed by atoms with Crippen LogP contribution < -0.4 is 9.47 Å². The van der Waals surface area contributed by atoms with E-state index in [1.54, 1.807) is 0 Å². The van der Waals surface area contributed by atoms with Gasteiger partial charge in [-0.2, -0.15) is 8.78 Å². The smallest absolute Gasteiger partial charge is 0.204 e. The molecule has 2 aliphatic rings. The molecule has 0 heterocycles. The van der Waals surface area contributed by atoms with E-state index in [-0.39, 0.29) is 23.7 Å². The number of halogens is 2. The van der Waals surface area contributed by atoms with Gasteiger partial charge in [-0.1, -0.05) is 0 Å². The van der Waals surface area contributed by atoms with Gasteiger partial charge in [0, 0.05) is 0 Å². The minimum Gasteiger partial charge on any atom is -0.487 e. The zero-order valence-electron chi connectivity index (χ0n) is 9.42. The molecule has 2 fully saturated rings. The molecule has 0 aliphatic heterocycles. The van der Waals surface area contributed by atoms with E-state index in [0.717, 1.165) is 32.1 Å². The second-order valence-corrected chi connectivity index (χ2v) is 4.68. The second kappa shape index (κ2) is 4.17. The standard InChI is InChI=1S/C13H14F2O2/c14-12-10(16-8-2-1-3-8)6-7-11(13(12)15)17-9-4-5-9/h6-9H,1-5H2. The Hall–Kier alpha value is -1.32. The maximum absolute atomic E-state index is 13.7. The number of hydrogen-bond donors (Lipinski definition) is 0. The van der Waals surface area contributed by atoms with E-state index >= 15 is 0 Å². The van der Waals surface area contributed by atoms with Crippen LogP contribution in [0.2, 0.25) is 0 Å². The Morgan fingerprint density at radius 1 is 0.824 bits per heavy atom. The minimum atomic E-state index is -0.936. The molecule has 0 saturated heterocycles. The summed E-state index contributed by atoms with van der Waals surface area (Å²) in [6.07, 6.45) is 4.87. The predicted octanol–water partition coefficient (Wildman–Crippen LogP) is 3.44. The molecule has 0 aromatic heterocycles. The van der Waals surface area contributed by atoms with Gasteiger partial charge < -0.3 is 9.47 Å². The second-order valence-electron chi connectivity index (χ2n) is 4.68. The molecule has 4 heteroatoms. The van der Waals surface area contributed by atoms with Crippen molar-refractivity contribution in [3.8, 4) is 11.5 Å². The highest BCUT2D eigenvalue weighted by Crippen LogP contribution is 2.34. The fourth-order valence-corrected chi connectivity index (χ4v) is 1.73. The molecular weight excluding hydrogens is 226 g/mol. The van der Waals surface area contributed by atoms with Gasteiger partial charge in [-0.05, 0) is 44.2 Å². The Morgan fingerprint density at radius 2 is 1.29 bits per heavy atom. The minimum absolute atomic E-state index is 0.00431. The van der Waals surface area contributed by atoms with Crippen molar-refractivity contribution in [2.75, 3.05) is 0 Å². The van der Waals surface area contributed by atoms with Crippen molar-refractivity contribution in [3.05, 3.63) is 23.8 Å². The summed E-state index contributed by atoms with van der Waals surface area (Å²) in [5.74, 6) is -1.88. The largest absolute Gasteiger partial charge is 0.487 e. The Balaban J connectivity index is 1.77. The van der Waals surface area contributed by atoms with Crippen LogP contribution in [0.25, 0.3) is 0 Å². The fraction of sp³-hybridized carbons (Fsp3) is 0.538. The van der Waals surface area contributed by atoms with Gasteiger partial charge in [-0.25, -0.2) is 0 Å². The lowest BCUT2D eigenvalue weighted by molar-refractivity contribution is 0.113. The molecule has 0 amide bonds. The average Bonchev–Trinajstić information content (AvgIpc) is 3.05. The van der Waals surface area contributed by atoms with Gasteiger partial charge in [0.1, 0.15) is 0 Å². The third-order valence-electron chi connectivity index (χ3n) is 3.18. The first-order valence-electron chi connectivity index (χ1n) is 6.05. The van der Waals surface area contributed by atoms with Crippen molar-refractivity contribution in [1.82, 2.24) is 0 Å². The van der Waals surface area contributed by atoms with Crippen molar-refractivity contribution in [3.63, 3.8) is 0 Å². The van der Waals surface area contributed by atoms with E-state index in [1.165, 1.54) is 12.1 Å². The average molecular weight is 240 g/mol. The summed E-state index contributed by atoms with van der Waals surface area (Å²) >= 11 is 0. The highest BCUT2D eigenvalue weighted by atomic mass is 19.2. The molecular formula is C13H14F2O2. The van der Waals surface area contributed by atoms with Crippen LogP contribution >= 0.6 is 0 Å². The summed E-state index contributed by atoms with van der Waals surface area (Å²) in [4.78, 5) is 0. The van der Waals surface area contributed by atoms with Crippen LogP contribution in [-0.4, -0.2) is 12.2 Å². The van der Waals surface area contributed by atoms with Crippen LogP contribution in [0.4, 0.5) is 8.78 Å². The summed E-state index contributed by atoms with van der Waals surface area (Å²) in [7, 11) is 0. The molecule has 2 aliphatic carbocycles. The molecule has 0 unspecified atom stereocenters. The van der Waals surface area contributed by atoms with Crippen molar-refractivity contribution >= 4 is 0 Å². The van der Waals surface area contributed by atoms with Crippen LogP contribution in [0.15, 0.2) is 12.1 Å². The maximum atomic E-state index is 13.7. The Labute approximate surface area is 98.5 Å². The maximum Gasteiger partial charge on any atom is 0.204 e.